The molecule has 0 spiro atoms. The molecule has 0 N–H and O–H groups in total. The molecule has 0 unspecified atom stereocenters. The highest BCUT2D eigenvalue weighted by Gasteiger charge is 2.26. The van der Waals surface area contributed by atoms with Crippen LogP contribution in [0.3, 0.4) is 0 Å². The SMILES string of the molecule is COc1cc2ccccc2cc1C(=O)N(Cc1ccco1)c1nc2c(SC)cccc2s1. The zero-order chi connectivity index (χ0) is 22.1. The van der Waals surface area contributed by atoms with Gasteiger partial charge in [-0.25, -0.2) is 4.98 Å². The van der Waals surface area contributed by atoms with E-state index in [1.807, 2.05) is 73.0 Å². The van der Waals surface area contributed by atoms with E-state index in [1.165, 1.54) is 11.3 Å². The number of carbonyl (C=O) groups excluding carboxylic acids is 1. The third-order valence-electron chi connectivity index (χ3n) is 5.26. The fourth-order valence-electron chi connectivity index (χ4n) is 3.68. The van der Waals surface area contributed by atoms with Gasteiger partial charge >= 0.3 is 0 Å². The van der Waals surface area contributed by atoms with Crippen LogP contribution in [0.25, 0.3) is 21.0 Å². The molecular weight excluding hydrogens is 440 g/mol. The number of nitrogens with zero attached hydrogens (tertiary/aromatic N) is 2. The maximum absolute atomic E-state index is 13.9. The van der Waals surface area contributed by atoms with Crippen molar-refractivity contribution in [2.24, 2.45) is 0 Å². The minimum atomic E-state index is -0.186. The normalized spacial score (nSPS) is 11.2. The molecule has 0 radical (unpaired) electrons. The largest absolute Gasteiger partial charge is 0.496 e. The zero-order valence-electron chi connectivity index (χ0n) is 17.6. The number of para-hydroxylation sites is 1. The lowest BCUT2D eigenvalue weighted by Crippen LogP contribution is -2.30. The Morgan fingerprint density at radius 1 is 1.09 bits per heavy atom. The molecule has 32 heavy (non-hydrogen) atoms. The van der Waals surface area contributed by atoms with Crippen LogP contribution in [0, 0.1) is 0 Å². The van der Waals surface area contributed by atoms with Crippen LogP contribution in [0.4, 0.5) is 5.13 Å². The molecule has 0 aliphatic heterocycles. The van der Waals surface area contributed by atoms with Crippen molar-refractivity contribution in [3.05, 3.63) is 84.3 Å². The van der Waals surface area contributed by atoms with E-state index in [-0.39, 0.29) is 12.5 Å². The van der Waals surface area contributed by atoms with Gasteiger partial charge in [0.2, 0.25) is 0 Å². The van der Waals surface area contributed by atoms with E-state index in [2.05, 4.69) is 0 Å². The van der Waals surface area contributed by atoms with Crippen molar-refractivity contribution in [1.29, 1.82) is 0 Å². The predicted molar refractivity (Wildman–Crippen MR) is 131 cm³/mol. The molecule has 160 valence electrons. The van der Waals surface area contributed by atoms with E-state index >= 15 is 0 Å². The molecule has 0 saturated carbocycles. The van der Waals surface area contributed by atoms with Gasteiger partial charge < -0.3 is 9.15 Å². The number of hydrogen-bond donors (Lipinski definition) is 0. The summed E-state index contributed by atoms with van der Waals surface area (Å²) in [5.41, 5.74) is 1.39. The lowest BCUT2D eigenvalue weighted by Gasteiger charge is -2.20. The number of anilines is 1. The summed E-state index contributed by atoms with van der Waals surface area (Å²) in [5, 5.41) is 2.62. The van der Waals surface area contributed by atoms with Crippen molar-refractivity contribution in [2.45, 2.75) is 11.4 Å². The first-order valence-electron chi connectivity index (χ1n) is 10.0. The highest BCUT2D eigenvalue weighted by atomic mass is 32.2. The van der Waals surface area contributed by atoms with Crippen LogP contribution in [0.15, 0.2) is 82.3 Å². The van der Waals surface area contributed by atoms with Crippen LogP contribution in [0.5, 0.6) is 5.75 Å². The standard InChI is InChI=1S/C25H20N2O3S2/c1-29-20-14-17-8-4-3-7-16(17)13-19(20)24(28)27(15-18-9-6-12-30-18)25-26-23-21(31-2)10-5-11-22(23)32-25/h3-14H,15H2,1-2H3. The molecule has 5 nitrogen and oxygen atoms in total. The maximum atomic E-state index is 13.9. The number of rotatable bonds is 6. The third kappa shape index (κ3) is 3.74. The minimum absolute atomic E-state index is 0.186. The molecule has 0 saturated heterocycles. The van der Waals surface area contributed by atoms with Crippen LogP contribution in [-0.2, 0) is 6.54 Å². The summed E-state index contributed by atoms with van der Waals surface area (Å²) in [6.07, 6.45) is 3.64. The quantitative estimate of drug-likeness (QED) is 0.267. The number of furan rings is 1. The summed E-state index contributed by atoms with van der Waals surface area (Å²) in [6, 6.07) is 21.5. The molecule has 1 amide bonds. The molecule has 5 rings (SSSR count). The van der Waals surface area contributed by atoms with Gasteiger partial charge in [0.15, 0.2) is 5.13 Å². The van der Waals surface area contributed by atoms with Crippen molar-refractivity contribution in [1.82, 2.24) is 4.98 Å². The summed E-state index contributed by atoms with van der Waals surface area (Å²) in [4.78, 5) is 21.5. The van der Waals surface area contributed by atoms with Gasteiger partial charge in [-0.15, -0.1) is 11.8 Å². The van der Waals surface area contributed by atoms with Crippen molar-refractivity contribution in [2.75, 3.05) is 18.3 Å². The molecule has 0 atom stereocenters. The van der Waals surface area contributed by atoms with Gasteiger partial charge in [-0.2, -0.15) is 0 Å². The average molecular weight is 461 g/mol. The third-order valence-corrected chi connectivity index (χ3v) is 7.07. The topological polar surface area (TPSA) is 55.6 Å². The number of thioether (sulfide) groups is 1. The first-order chi connectivity index (χ1) is 15.7. The lowest BCUT2D eigenvalue weighted by atomic mass is 10.0. The molecule has 2 aromatic heterocycles. The maximum Gasteiger partial charge on any atom is 0.264 e. The van der Waals surface area contributed by atoms with E-state index in [0.717, 1.165) is 25.9 Å². The number of aromatic nitrogens is 1. The Bertz CT molecular complexity index is 1410. The summed E-state index contributed by atoms with van der Waals surface area (Å²) in [6.45, 7) is 0.274. The Kier molecular flexibility index (Phi) is 5.59. The molecule has 2 heterocycles. The second-order valence-electron chi connectivity index (χ2n) is 7.17. The first-order valence-corrected chi connectivity index (χ1v) is 12.1. The zero-order valence-corrected chi connectivity index (χ0v) is 19.2. The Labute approximate surface area is 193 Å². The van der Waals surface area contributed by atoms with Crippen LogP contribution in [0.2, 0.25) is 0 Å². The first kappa shape index (κ1) is 20.6. The number of benzene rings is 3. The number of ether oxygens (including phenoxy) is 1. The van der Waals surface area contributed by atoms with Gasteiger partial charge in [-0.05, 0) is 53.4 Å². The fraction of sp³-hybridized carbons (Fsp3) is 0.120. The minimum Gasteiger partial charge on any atom is -0.496 e. The van der Waals surface area contributed by atoms with E-state index < -0.39 is 0 Å². The Hall–Kier alpha value is -3.29. The van der Waals surface area contributed by atoms with Crippen LogP contribution in [0.1, 0.15) is 16.1 Å². The molecule has 3 aromatic carbocycles. The van der Waals surface area contributed by atoms with Crippen LogP contribution >= 0.6 is 23.1 Å². The van der Waals surface area contributed by atoms with Crippen molar-refractivity contribution in [3.63, 3.8) is 0 Å². The molecule has 0 aliphatic carbocycles. The van der Waals surface area contributed by atoms with E-state index in [0.29, 0.717) is 22.2 Å². The number of carbonyl (C=O) groups is 1. The number of fused-ring (bicyclic) bond motifs is 2. The summed E-state index contributed by atoms with van der Waals surface area (Å²) in [7, 11) is 1.58. The van der Waals surface area contributed by atoms with Crippen LogP contribution < -0.4 is 9.64 Å². The van der Waals surface area contributed by atoms with Crippen molar-refractivity contribution < 1.29 is 13.9 Å². The molecule has 5 aromatic rings. The highest BCUT2D eigenvalue weighted by molar-refractivity contribution is 7.98. The van der Waals surface area contributed by atoms with Crippen LogP contribution in [-0.4, -0.2) is 24.3 Å². The smallest absolute Gasteiger partial charge is 0.264 e. The van der Waals surface area contributed by atoms with Gasteiger partial charge in [0.1, 0.15) is 11.5 Å². The molecule has 0 bridgehead atoms. The van der Waals surface area contributed by atoms with Gasteiger partial charge in [0.25, 0.3) is 5.91 Å². The average Bonchev–Trinajstić information content (AvgIpc) is 3.50. The Morgan fingerprint density at radius 3 is 2.62 bits per heavy atom. The fourth-order valence-corrected chi connectivity index (χ4v) is 5.30. The van der Waals surface area contributed by atoms with Gasteiger partial charge in [-0.3, -0.25) is 9.69 Å². The second-order valence-corrected chi connectivity index (χ2v) is 9.03. The highest BCUT2D eigenvalue weighted by Crippen LogP contribution is 2.36. The molecular formula is C25H20N2O3S2. The summed E-state index contributed by atoms with van der Waals surface area (Å²) >= 11 is 3.14. The molecule has 7 heteroatoms. The van der Waals surface area contributed by atoms with E-state index in [9.17, 15) is 4.79 Å². The summed E-state index contributed by atoms with van der Waals surface area (Å²) in [5.74, 6) is 1.03. The van der Waals surface area contributed by atoms with Gasteiger partial charge in [-0.1, -0.05) is 41.7 Å². The summed E-state index contributed by atoms with van der Waals surface area (Å²) < 4.78 is 12.2. The lowest BCUT2D eigenvalue weighted by molar-refractivity contribution is 0.0980. The second kappa shape index (κ2) is 8.68. The van der Waals surface area contributed by atoms with Gasteiger partial charge in [0, 0.05) is 4.90 Å². The number of amides is 1. The van der Waals surface area contributed by atoms with Crippen molar-refractivity contribution in [3.8, 4) is 5.75 Å². The number of hydrogen-bond acceptors (Lipinski definition) is 6. The molecule has 0 aliphatic rings. The Morgan fingerprint density at radius 2 is 1.91 bits per heavy atom. The van der Waals surface area contributed by atoms with Gasteiger partial charge in [0.05, 0.1) is 35.7 Å². The van der Waals surface area contributed by atoms with E-state index in [1.54, 1.807) is 30.0 Å². The number of thiazole rings is 1. The predicted octanol–water partition coefficient (Wildman–Crippen LogP) is 6.62. The Balaban J connectivity index is 1.64. The monoisotopic (exact) mass is 460 g/mol. The van der Waals surface area contributed by atoms with E-state index in [4.69, 9.17) is 14.1 Å². The number of methoxy groups -OCH3 is 1. The molecule has 0 fully saturated rings. The van der Waals surface area contributed by atoms with Crippen molar-refractivity contribution >= 4 is 55.1 Å².